The van der Waals surface area contributed by atoms with E-state index in [-0.39, 0.29) is 0 Å². The number of anilines is 1. The minimum Gasteiger partial charge on any atom is -0.383 e. The van der Waals surface area contributed by atoms with Crippen molar-refractivity contribution in [2.24, 2.45) is 0 Å². The molecule has 108 valence electrons. The molecule has 1 heterocycles. The number of hydrogen-bond donors (Lipinski definition) is 1. The summed E-state index contributed by atoms with van der Waals surface area (Å²) in [7, 11) is 0. The van der Waals surface area contributed by atoms with Crippen molar-refractivity contribution < 1.29 is 0 Å². The van der Waals surface area contributed by atoms with Crippen LogP contribution < -0.4 is 5.73 Å². The second-order valence-electron chi connectivity index (χ2n) is 4.77. The fraction of sp³-hybridized carbons (Fsp3) is 0.0588. The van der Waals surface area contributed by atoms with Crippen LogP contribution in [0.2, 0.25) is 0 Å². The Kier molecular flexibility index (Phi) is 4.12. The number of nitrogens with two attached hydrogens (primary N) is 1. The van der Waals surface area contributed by atoms with Crippen LogP contribution in [-0.2, 0) is 6.54 Å². The molecule has 5 heteroatoms. The summed E-state index contributed by atoms with van der Waals surface area (Å²) in [5.74, 6) is 0.522. The number of aromatic nitrogens is 2. The van der Waals surface area contributed by atoms with Crippen molar-refractivity contribution in [2.75, 3.05) is 5.73 Å². The third kappa shape index (κ3) is 2.83. The Bertz CT molecular complexity index is 804. The van der Waals surface area contributed by atoms with Crippen molar-refractivity contribution in [3.05, 3.63) is 66.2 Å². The fourth-order valence-electron chi connectivity index (χ4n) is 2.27. The first-order valence-corrected chi connectivity index (χ1v) is 7.63. The number of nitrogen functional groups attached to an aromatic ring is 1. The normalized spacial score (nSPS) is 10.3. The summed E-state index contributed by atoms with van der Waals surface area (Å²) in [6, 6.07) is 19.8. The molecule has 3 rings (SSSR count). The highest BCUT2D eigenvalue weighted by Crippen LogP contribution is 2.35. The number of rotatable bonds is 4. The molecular weight excluding hydrogens is 292 g/mol. The predicted molar refractivity (Wildman–Crippen MR) is 89.1 cm³/mol. The Morgan fingerprint density at radius 3 is 2.32 bits per heavy atom. The van der Waals surface area contributed by atoms with Crippen molar-refractivity contribution >= 4 is 17.6 Å². The molecule has 2 aromatic carbocycles. The number of thiocyanates is 1. The minimum atomic E-state index is 0.522. The van der Waals surface area contributed by atoms with Gasteiger partial charge in [0.1, 0.15) is 16.9 Å². The predicted octanol–water partition coefficient (Wildman–Crippen LogP) is 3.75. The second-order valence-corrected chi connectivity index (χ2v) is 5.56. The van der Waals surface area contributed by atoms with Gasteiger partial charge in [0.2, 0.25) is 0 Å². The van der Waals surface area contributed by atoms with Gasteiger partial charge in [-0.05, 0) is 17.3 Å². The van der Waals surface area contributed by atoms with Crippen LogP contribution in [0.4, 0.5) is 5.82 Å². The summed E-state index contributed by atoms with van der Waals surface area (Å²) in [5.41, 5.74) is 9.03. The van der Waals surface area contributed by atoms with Crippen LogP contribution in [0.25, 0.3) is 11.3 Å². The van der Waals surface area contributed by atoms with Crippen LogP contribution in [0.15, 0.2) is 65.6 Å². The number of nitrogens with zero attached hydrogens (tertiary/aromatic N) is 3. The minimum absolute atomic E-state index is 0.522. The van der Waals surface area contributed by atoms with E-state index in [0.717, 1.165) is 28.6 Å². The number of benzene rings is 2. The van der Waals surface area contributed by atoms with Gasteiger partial charge in [0.25, 0.3) is 0 Å². The molecule has 0 fully saturated rings. The van der Waals surface area contributed by atoms with Crippen LogP contribution in [0.1, 0.15) is 5.56 Å². The molecular formula is C17H14N4S. The van der Waals surface area contributed by atoms with Crippen molar-refractivity contribution in [3.8, 4) is 16.7 Å². The Labute approximate surface area is 133 Å². The summed E-state index contributed by atoms with van der Waals surface area (Å²) in [4.78, 5) is 0.713. The maximum absolute atomic E-state index is 9.03. The zero-order valence-electron chi connectivity index (χ0n) is 11.8. The highest BCUT2D eigenvalue weighted by molar-refractivity contribution is 8.04. The first-order chi connectivity index (χ1) is 10.8. The number of thioether (sulfide) groups is 1. The molecule has 0 aliphatic heterocycles. The average Bonchev–Trinajstić information content (AvgIpc) is 2.87. The summed E-state index contributed by atoms with van der Waals surface area (Å²) in [6.45, 7) is 0.582. The van der Waals surface area contributed by atoms with Gasteiger partial charge in [-0.2, -0.15) is 10.4 Å². The molecule has 0 atom stereocenters. The Hall–Kier alpha value is -2.71. The van der Waals surface area contributed by atoms with E-state index in [1.807, 2.05) is 60.7 Å². The SMILES string of the molecule is N#CSc1c(-c2ccccc2)nn(Cc2ccccc2)c1N. The molecule has 0 amide bonds. The fourth-order valence-corrected chi connectivity index (χ4v) is 2.82. The van der Waals surface area contributed by atoms with Crippen LogP contribution >= 0.6 is 11.8 Å². The topological polar surface area (TPSA) is 67.6 Å². The van der Waals surface area contributed by atoms with E-state index in [9.17, 15) is 0 Å². The van der Waals surface area contributed by atoms with E-state index >= 15 is 0 Å². The van der Waals surface area contributed by atoms with E-state index in [1.165, 1.54) is 0 Å². The molecule has 2 N–H and O–H groups in total. The van der Waals surface area contributed by atoms with Gasteiger partial charge in [-0.25, -0.2) is 4.68 Å². The van der Waals surface area contributed by atoms with Crippen LogP contribution in [0.3, 0.4) is 0 Å². The maximum Gasteiger partial charge on any atom is 0.138 e. The molecule has 22 heavy (non-hydrogen) atoms. The lowest BCUT2D eigenvalue weighted by molar-refractivity contribution is 0.699. The number of hydrogen-bond acceptors (Lipinski definition) is 4. The van der Waals surface area contributed by atoms with Crippen molar-refractivity contribution in [1.29, 1.82) is 5.26 Å². The summed E-state index contributed by atoms with van der Waals surface area (Å²) in [6.07, 6.45) is 0. The summed E-state index contributed by atoms with van der Waals surface area (Å²) < 4.78 is 1.75. The molecule has 4 nitrogen and oxygen atoms in total. The van der Waals surface area contributed by atoms with Gasteiger partial charge in [0.15, 0.2) is 0 Å². The molecule has 3 aromatic rings. The third-order valence-electron chi connectivity index (χ3n) is 3.32. The third-order valence-corrected chi connectivity index (χ3v) is 4.01. The Balaban J connectivity index is 2.04. The van der Waals surface area contributed by atoms with Gasteiger partial charge in [0, 0.05) is 5.56 Å². The highest BCUT2D eigenvalue weighted by Gasteiger charge is 2.17. The highest BCUT2D eigenvalue weighted by atomic mass is 32.2. The number of nitriles is 1. The summed E-state index contributed by atoms with van der Waals surface area (Å²) in [5, 5.41) is 15.7. The van der Waals surface area contributed by atoms with E-state index in [4.69, 9.17) is 11.0 Å². The first-order valence-electron chi connectivity index (χ1n) is 6.81. The van der Waals surface area contributed by atoms with Crippen LogP contribution in [0, 0.1) is 10.7 Å². The molecule has 0 saturated carbocycles. The van der Waals surface area contributed by atoms with E-state index in [0.29, 0.717) is 17.3 Å². The van der Waals surface area contributed by atoms with Crippen LogP contribution in [-0.4, -0.2) is 9.78 Å². The lowest BCUT2D eigenvalue weighted by Crippen LogP contribution is -2.06. The second kappa shape index (κ2) is 6.37. The van der Waals surface area contributed by atoms with Crippen molar-refractivity contribution in [1.82, 2.24) is 9.78 Å². The van der Waals surface area contributed by atoms with Gasteiger partial charge < -0.3 is 5.73 Å². The Morgan fingerprint density at radius 1 is 1.05 bits per heavy atom. The zero-order valence-corrected chi connectivity index (χ0v) is 12.6. The lowest BCUT2D eigenvalue weighted by atomic mass is 10.1. The Morgan fingerprint density at radius 2 is 1.68 bits per heavy atom. The van der Waals surface area contributed by atoms with Gasteiger partial charge >= 0.3 is 0 Å². The zero-order chi connectivity index (χ0) is 15.4. The van der Waals surface area contributed by atoms with Gasteiger partial charge in [-0.15, -0.1) is 0 Å². The first kappa shape index (κ1) is 14.2. The molecule has 0 aliphatic carbocycles. The lowest BCUT2D eigenvalue weighted by Gasteiger charge is -2.04. The maximum atomic E-state index is 9.03. The molecule has 0 aliphatic rings. The van der Waals surface area contributed by atoms with Gasteiger partial charge in [0.05, 0.1) is 11.4 Å². The van der Waals surface area contributed by atoms with Crippen molar-refractivity contribution in [3.63, 3.8) is 0 Å². The molecule has 0 spiro atoms. The largest absolute Gasteiger partial charge is 0.383 e. The monoisotopic (exact) mass is 306 g/mol. The molecule has 0 saturated heterocycles. The quantitative estimate of drug-likeness (QED) is 0.589. The molecule has 0 unspecified atom stereocenters. The molecule has 0 bridgehead atoms. The van der Waals surface area contributed by atoms with Gasteiger partial charge in [-0.3, -0.25) is 0 Å². The van der Waals surface area contributed by atoms with Crippen LogP contribution in [0.5, 0.6) is 0 Å². The van der Waals surface area contributed by atoms with Gasteiger partial charge in [-0.1, -0.05) is 60.7 Å². The van der Waals surface area contributed by atoms with E-state index < -0.39 is 0 Å². The molecule has 0 radical (unpaired) electrons. The smallest absolute Gasteiger partial charge is 0.138 e. The standard InChI is InChI=1S/C17H14N4S/c18-12-22-16-15(14-9-5-2-6-10-14)20-21(17(16)19)11-13-7-3-1-4-8-13/h1-10H,11,19H2. The van der Waals surface area contributed by atoms with Crippen molar-refractivity contribution in [2.45, 2.75) is 11.4 Å². The van der Waals surface area contributed by atoms with E-state index in [1.54, 1.807) is 4.68 Å². The molecule has 1 aromatic heterocycles. The van der Waals surface area contributed by atoms with E-state index in [2.05, 4.69) is 10.5 Å². The average molecular weight is 306 g/mol. The summed E-state index contributed by atoms with van der Waals surface area (Å²) >= 11 is 1.05.